The topological polar surface area (TPSA) is 43.1 Å². The fraction of sp³-hybridized carbons (Fsp3) is 0.417. The van der Waals surface area contributed by atoms with Crippen LogP contribution in [0.3, 0.4) is 0 Å². The van der Waals surface area contributed by atoms with Crippen molar-refractivity contribution in [3.05, 3.63) is 35.1 Å². The molecule has 1 aromatic carbocycles. The lowest BCUT2D eigenvalue weighted by Gasteiger charge is -2.11. The number of halogens is 1. The van der Waals surface area contributed by atoms with Crippen LogP contribution in [0.15, 0.2) is 18.2 Å². The van der Waals surface area contributed by atoms with Crippen LogP contribution >= 0.6 is 0 Å². The Morgan fingerprint density at radius 2 is 2.20 bits per heavy atom. The van der Waals surface area contributed by atoms with E-state index in [4.69, 9.17) is 5.73 Å². The molecule has 1 aromatic rings. The SMILES string of the molecule is CC(c1ccc(C(N)=O)cc1F)C1CC1. The molecule has 0 heterocycles. The van der Waals surface area contributed by atoms with Crippen molar-refractivity contribution in [2.75, 3.05) is 0 Å². The van der Waals surface area contributed by atoms with Gasteiger partial charge in [-0.3, -0.25) is 4.79 Å². The molecule has 15 heavy (non-hydrogen) atoms. The van der Waals surface area contributed by atoms with Crippen LogP contribution in [-0.4, -0.2) is 5.91 Å². The average molecular weight is 207 g/mol. The molecular weight excluding hydrogens is 193 g/mol. The fourth-order valence-corrected chi connectivity index (χ4v) is 1.90. The largest absolute Gasteiger partial charge is 0.366 e. The highest BCUT2D eigenvalue weighted by Crippen LogP contribution is 2.42. The van der Waals surface area contributed by atoms with E-state index in [0.717, 1.165) is 0 Å². The number of amides is 1. The molecule has 1 unspecified atom stereocenters. The second-order valence-corrected chi connectivity index (χ2v) is 4.23. The Morgan fingerprint density at radius 3 is 2.67 bits per heavy atom. The predicted octanol–water partition coefficient (Wildman–Crippen LogP) is 2.44. The third-order valence-corrected chi connectivity index (χ3v) is 3.10. The molecule has 0 bridgehead atoms. The Bertz CT molecular complexity index is 399. The van der Waals surface area contributed by atoms with Gasteiger partial charge in [-0.05, 0) is 42.4 Å². The third-order valence-electron chi connectivity index (χ3n) is 3.10. The van der Waals surface area contributed by atoms with Crippen LogP contribution < -0.4 is 5.73 Å². The molecule has 1 aliphatic rings. The van der Waals surface area contributed by atoms with Gasteiger partial charge in [0, 0.05) is 5.56 Å². The van der Waals surface area contributed by atoms with E-state index in [2.05, 4.69) is 0 Å². The van der Waals surface area contributed by atoms with Gasteiger partial charge in [0.05, 0.1) is 0 Å². The minimum atomic E-state index is -0.584. The first kappa shape index (κ1) is 10.1. The number of rotatable bonds is 3. The first-order valence-electron chi connectivity index (χ1n) is 5.19. The molecule has 1 amide bonds. The zero-order chi connectivity index (χ0) is 11.0. The second kappa shape index (κ2) is 3.65. The minimum Gasteiger partial charge on any atom is -0.366 e. The fourth-order valence-electron chi connectivity index (χ4n) is 1.90. The van der Waals surface area contributed by atoms with E-state index in [0.29, 0.717) is 11.5 Å². The van der Waals surface area contributed by atoms with Crippen LogP contribution in [0, 0.1) is 11.7 Å². The summed E-state index contributed by atoms with van der Waals surface area (Å²) >= 11 is 0. The number of primary amides is 1. The van der Waals surface area contributed by atoms with Gasteiger partial charge in [-0.25, -0.2) is 4.39 Å². The van der Waals surface area contributed by atoms with Gasteiger partial charge in [0.1, 0.15) is 5.82 Å². The molecule has 3 heteroatoms. The minimum absolute atomic E-state index is 0.235. The maximum absolute atomic E-state index is 13.6. The standard InChI is InChI=1S/C12H14FNO/c1-7(8-2-3-8)10-5-4-9(12(14)15)6-11(10)13/h4-8H,2-3H2,1H3,(H2,14,15). The highest BCUT2D eigenvalue weighted by molar-refractivity contribution is 5.92. The summed E-state index contributed by atoms with van der Waals surface area (Å²) in [6.45, 7) is 2.03. The van der Waals surface area contributed by atoms with E-state index in [1.54, 1.807) is 12.1 Å². The average Bonchev–Trinajstić information content (AvgIpc) is 2.99. The van der Waals surface area contributed by atoms with Gasteiger partial charge >= 0.3 is 0 Å². The molecule has 80 valence electrons. The Kier molecular flexibility index (Phi) is 2.47. The van der Waals surface area contributed by atoms with Crippen LogP contribution in [-0.2, 0) is 0 Å². The maximum Gasteiger partial charge on any atom is 0.248 e. The predicted molar refractivity (Wildman–Crippen MR) is 56.1 cm³/mol. The quantitative estimate of drug-likeness (QED) is 0.812. The normalized spacial score (nSPS) is 17.5. The Morgan fingerprint density at radius 1 is 1.53 bits per heavy atom. The van der Waals surface area contributed by atoms with E-state index >= 15 is 0 Å². The van der Waals surface area contributed by atoms with Gasteiger partial charge in [-0.2, -0.15) is 0 Å². The van der Waals surface area contributed by atoms with E-state index in [9.17, 15) is 9.18 Å². The van der Waals surface area contributed by atoms with Gasteiger partial charge in [-0.15, -0.1) is 0 Å². The molecule has 1 aliphatic carbocycles. The molecule has 2 N–H and O–H groups in total. The molecular formula is C12H14FNO. The zero-order valence-electron chi connectivity index (χ0n) is 8.66. The number of hydrogen-bond donors (Lipinski definition) is 1. The van der Waals surface area contributed by atoms with Crippen molar-refractivity contribution in [3.8, 4) is 0 Å². The lowest BCUT2D eigenvalue weighted by Crippen LogP contribution is -2.12. The summed E-state index contributed by atoms with van der Waals surface area (Å²) in [5.74, 6) is -0.0453. The van der Waals surface area contributed by atoms with Crippen LogP contribution in [0.4, 0.5) is 4.39 Å². The van der Waals surface area contributed by atoms with Crippen LogP contribution in [0.25, 0.3) is 0 Å². The molecule has 0 saturated heterocycles. The molecule has 2 rings (SSSR count). The molecule has 2 nitrogen and oxygen atoms in total. The van der Waals surface area contributed by atoms with Crippen molar-refractivity contribution in [2.45, 2.75) is 25.7 Å². The molecule has 0 spiro atoms. The lowest BCUT2D eigenvalue weighted by molar-refractivity contribution is 0.1000. The Hall–Kier alpha value is -1.38. The van der Waals surface area contributed by atoms with Crippen molar-refractivity contribution in [2.24, 2.45) is 11.7 Å². The molecule has 0 radical (unpaired) electrons. The number of hydrogen-bond acceptors (Lipinski definition) is 1. The molecule has 1 saturated carbocycles. The van der Waals surface area contributed by atoms with E-state index < -0.39 is 5.91 Å². The number of nitrogens with two attached hydrogens (primary N) is 1. The molecule has 1 fully saturated rings. The summed E-state index contributed by atoms with van der Waals surface area (Å²) in [6, 6.07) is 4.51. The number of benzene rings is 1. The number of carbonyl (C=O) groups excluding carboxylic acids is 1. The summed E-state index contributed by atoms with van der Waals surface area (Å²) in [4.78, 5) is 10.8. The van der Waals surface area contributed by atoms with Crippen molar-refractivity contribution in [3.63, 3.8) is 0 Å². The first-order valence-corrected chi connectivity index (χ1v) is 5.19. The smallest absolute Gasteiger partial charge is 0.248 e. The van der Waals surface area contributed by atoms with Crippen molar-refractivity contribution in [1.82, 2.24) is 0 Å². The Balaban J connectivity index is 2.29. The summed E-state index contributed by atoms with van der Waals surface area (Å²) in [5, 5.41) is 0. The van der Waals surface area contributed by atoms with Gasteiger partial charge in [0.25, 0.3) is 0 Å². The monoisotopic (exact) mass is 207 g/mol. The summed E-state index contributed by atoms with van der Waals surface area (Å²) in [7, 11) is 0. The summed E-state index contributed by atoms with van der Waals surface area (Å²) in [5.41, 5.74) is 6.01. The van der Waals surface area contributed by atoms with Crippen LogP contribution in [0.2, 0.25) is 0 Å². The van der Waals surface area contributed by atoms with Crippen molar-refractivity contribution >= 4 is 5.91 Å². The van der Waals surface area contributed by atoms with Gasteiger partial charge in [-0.1, -0.05) is 13.0 Å². The van der Waals surface area contributed by atoms with Gasteiger partial charge in [0.15, 0.2) is 0 Å². The highest BCUT2D eigenvalue weighted by Gasteiger charge is 2.30. The van der Waals surface area contributed by atoms with E-state index in [-0.39, 0.29) is 17.3 Å². The lowest BCUT2D eigenvalue weighted by atomic mass is 9.95. The summed E-state index contributed by atoms with van der Waals surface area (Å²) in [6.07, 6.45) is 2.36. The van der Waals surface area contributed by atoms with E-state index in [1.165, 1.54) is 18.9 Å². The maximum atomic E-state index is 13.6. The van der Waals surface area contributed by atoms with Crippen LogP contribution in [0.1, 0.15) is 41.6 Å². The summed E-state index contributed by atoms with van der Waals surface area (Å²) < 4.78 is 13.6. The second-order valence-electron chi connectivity index (χ2n) is 4.23. The zero-order valence-corrected chi connectivity index (χ0v) is 8.66. The Labute approximate surface area is 88.3 Å². The molecule has 0 aliphatic heterocycles. The van der Waals surface area contributed by atoms with Crippen molar-refractivity contribution in [1.29, 1.82) is 0 Å². The van der Waals surface area contributed by atoms with Gasteiger partial charge < -0.3 is 5.73 Å². The third kappa shape index (κ3) is 2.01. The van der Waals surface area contributed by atoms with Crippen molar-refractivity contribution < 1.29 is 9.18 Å². The van der Waals surface area contributed by atoms with Crippen LogP contribution in [0.5, 0.6) is 0 Å². The highest BCUT2D eigenvalue weighted by atomic mass is 19.1. The van der Waals surface area contributed by atoms with Gasteiger partial charge in [0.2, 0.25) is 5.91 Å². The first-order chi connectivity index (χ1) is 7.09. The molecule has 1 atom stereocenters. The molecule has 0 aromatic heterocycles. The number of carbonyl (C=O) groups is 1. The van der Waals surface area contributed by atoms with E-state index in [1.807, 2.05) is 6.92 Å².